The quantitative estimate of drug-likeness (QED) is 0.595. The summed E-state index contributed by atoms with van der Waals surface area (Å²) in [5, 5.41) is 10.8. The summed E-state index contributed by atoms with van der Waals surface area (Å²) < 4.78 is 8.55. The number of halogens is 2. The minimum Gasteiger partial charge on any atom is -0.491 e. The second kappa shape index (κ2) is 7.03. The predicted molar refractivity (Wildman–Crippen MR) is 96.2 cm³/mol. The van der Waals surface area contributed by atoms with Gasteiger partial charge >= 0.3 is 5.69 Å². The first-order chi connectivity index (χ1) is 11.9. The molecule has 0 aliphatic heterocycles. The third-order valence-electron chi connectivity index (χ3n) is 3.61. The van der Waals surface area contributed by atoms with Gasteiger partial charge in [-0.15, -0.1) is 0 Å². The molecule has 0 radical (unpaired) electrons. The van der Waals surface area contributed by atoms with Gasteiger partial charge in [-0.1, -0.05) is 11.6 Å². The van der Waals surface area contributed by atoms with Crippen molar-refractivity contribution < 1.29 is 9.84 Å². The van der Waals surface area contributed by atoms with E-state index in [0.717, 1.165) is 0 Å². The number of aryl methyl sites for hydroxylation is 1. The van der Waals surface area contributed by atoms with Crippen LogP contribution in [0.25, 0.3) is 11.2 Å². The van der Waals surface area contributed by atoms with Crippen molar-refractivity contribution in [3.05, 3.63) is 54.9 Å². The molecule has 3 aromatic rings. The number of nitrogens with zero attached hydrogens (tertiary/aromatic N) is 3. The van der Waals surface area contributed by atoms with Gasteiger partial charge in [0.05, 0.1) is 6.54 Å². The van der Waals surface area contributed by atoms with Crippen molar-refractivity contribution in [1.29, 1.82) is 0 Å². The molecule has 0 saturated carbocycles. The first-order valence-electron chi connectivity index (χ1n) is 7.28. The van der Waals surface area contributed by atoms with Gasteiger partial charge in [0.15, 0.2) is 15.9 Å². The molecule has 25 heavy (non-hydrogen) atoms. The van der Waals surface area contributed by atoms with E-state index in [9.17, 15) is 14.7 Å². The zero-order valence-electron chi connectivity index (χ0n) is 13.1. The van der Waals surface area contributed by atoms with Crippen molar-refractivity contribution in [2.24, 2.45) is 7.05 Å². The summed E-state index contributed by atoms with van der Waals surface area (Å²) in [6.07, 6.45) is -0.902. The lowest BCUT2D eigenvalue weighted by Crippen LogP contribution is -2.30. The molecule has 2 heterocycles. The van der Waals surface area contributed by atoms with Crippen molar-refractivity contribution in [1.82, 2.24) is 19.1 Å². The summed E-state index contributed by atoms with van der Waals surface area (Å²) in [5.74, 6) is 0.568. The van der Waals surface area contributed by atoms with Crippen LogP contribution in [0.3, 0.4) is 0 Å². The topological polar surface area (TPSA) is 102 Å². The maximum atomic E-state index is 12.1. The maximum absolute atomic E-state index is 12.1. The number of aliphatic hydroxyl groups is 1. The number of imidazole rings is 1. The van der Waals surface area contributed by atoms with Crippen LogP contribution in [0.5, 0.6) is 5.75 Å². The van der Waals surface area contributed by atoms with Crippen LogP contribution in [0.4, 0.5) is 0 Å². The molecule has 1 atom stereocenters. The fourth-order valence-electron chi connectivity index (χ4n) is 2.36. The monoisotopic (exact) mass is 428 g/mol. The number of hydrogen-bond donors (Lipinski definition) is 2. The number of fused-ring (bicyclic) bond motifs is 1. The molecule has 3 rings (SSSR count). The van der Waals surface area contributed by atoms with Crippen LogP contribution >= 0.6 is 27.5 Å². The molecule has 0 spiro atoms. The van der Waals surface area contributed by atoms with E-state index in [2.05, 4.69) is 25.9 Å². The lowest BCUT2D eigenvalue weighted by atomic mass is 10.3. The highest BCUT2D eigenvalue weighted by molar-refractivity contribution is 9.10. The Balaban J connectivity index is 1.81. The van der Waals surface area contributed by atoms with Crippen molar-refractivity contribution in [3.63, 3.8) is 0 Å². The average molecular weight is 430 g/mol. The minimum atomic E-state index is -0.902. The van der Waals surface area contributed by atoms with Crippen molar-refractivity contribution in [2.45, 2.75) is 12.6 Å². The molecule has 1 unspecified atom stereocenters. The molecule has 8 nitrogen and oxygen atoms in total. The summed E-state index contributed by atoms with van der Waals surface area (Å²) in [6.45, 7) is 0.0728. The Morgan fingerprint density at radius 3 is 2.72 bits per heavy atom. The van der Waals surface area contributed by atoms with E-state index in [1.54, 1.807) is 24.3 Å². The number of benzene rings is 1. The molecule has 0 bridgehead atoms. The van der Waals surface area contributed by atoms with Gasteiger partial charge in [-0.25, -0.2) is 9.78 Å². The van der Waals surface area contributed by atoms with Gasteiger partial charge in [-0.2, -0.15) is 0 Å². The zero-order valence-corrected chi connectivity index (χ0v) is 15.4. The van der Waals surface area contributed by atoms with Crippen LogP contribution in [0, 0.1) is 0 Å². The Hall–Kier alpha value is -2.10. The SMILES string of the molecule is Cn1c(=O)[nH]c(=O)c2c1nc(Br)n2CC(O)COc1ccc(Cl)cc1. The molecular weight excluding hydrogens is 416 g/mol. The van der Waals surface area contributed by atoms with E-state index >= 15 is 0 Å². The maximum Gasteiger partial charge on any atom is 0.329 e. The molecule has 0 fully saturated rings. The van der Waals surface area contributed by atoms with Crippen molar-refractivity contribution >= 4 is 38.7 Å². The van der Waals surface area contributed by atoms with E-state index in [4.69, 9.17) is 16.3 Å². The number of ether oxygens (including phenoxy) is 1. The number of rotatable bonds is 5. The van der Waals surface area contributed by atoms with Crippen LogP contribution in [0.1, 0.15) is 0 Å². The summed E-state index contributed by atoms with van der Waals surface area (Å²) >= 11 is 9.06. The normalized spacial score (nSPS) is 12.5. The lowest BCUT2D eigenvalue weighted by Gasteiger charge is -2.14. The third kappa shape index (κ3) is 3.63. The predicted octanol–water partition coefficient (Wildman–Crippen LogP) is 1.28. The van der Waals surface area contributed by atoms with Crippen molar-refractivity contribution in [3.8, 4) is 5.75 Å². The summed E-state index contributed by atoms with van der Waals surface area (Å²) in [6, 6.07) is 6.75. The Morgan fingerprint density at radius 2 is 2.04 bits per heavy atom. The third-order valence-corrected chi connectivity index (χ3v) is 4.47. The largest absolute Gasteiger partial charge is 0.491 e. The van der Waals surface area contributed by atoms with Gasteiger partial charge < -0.3 is 14.4 Å². The molecule has 10 heteroatoms. The van der Waals surface area contributed by atoms with Crippen LogP contribution < -0.4 is 16.0 Å². The van der Waals surface area contributed by atoms with Crippen LogP contribution in [0.15, 0.2) is 38.6 Å². The van der Waals surface area contributed by atoms with Gasteiger partial charge in [0.25, 0.3) is 5.56 Å². The summed E-state index contributed by atoms with van der Waals surface area (Å²) in [4.78, 5) is 30.1. The molecule has 1 aromatic carbocycles. The van der Waals surface area contributed by atoms with Gasteiger partial charge in [-0.3, -0.25) is 14.3 Å². The number of H-pyrrole nitrogens is 1. The van der Waals surface area contributed by atoms with E-state index in [-0.39, 0.29) is 24.3 Å². The van der Waals surface area contributed by atoms with E-state index in [1.807, 2.05) is 0 Å². The molecule has 0 saturated heterocycles. The molecule has 2 N–H and O–H groups in total. The average Bonchev–Trinajstić information content (AvgIpc) is 2.89. The molecular formula is C15H14BrClN4O4. The smallest absolute Gasteiger partial charge is 0.329 e. The molecule has 2 aromatic heterocycles. The summed E-state index contributed by atoms with van der Waals surface area (Å²) in [7, 11) is 1.50. The molecule has 0 aliphatic rings. The van der Waals surface area contributed by atoms with Crippen LogP contribution in [-0.4, -0.2) is 36.9 Å². The van der Waals surface area contributed by atoms with Gasteiger partial charge in [0.2, 0.25) is 0 Å². The first-order valence-corrected chi connectivity index (χ1v) is 8.45. The Labute approximate surface area is 154 Å². The second-order valence-electron chi connectivity index (χ2n) is 5.40. The Kier molecular flexibility index (Phi) is 4.98. The fraction of sp³-hybridized carbons (Fsp3) is 0.267. The second-order valence-corrected chi connectivity index (χ2v) is 6.55. The van der Waals surface area contributed by atoms with Gasteiger partial charge in [0.1, 0.15) is 18.5 Å². The van der Waals surface area contributed by atoms with Gasteiger partial charge in [0, 0.05) is 12.1 Å². The number of aromatic amines is 1. The van der Waals surface area contributed by atoms with E-state index < -0.39 is 17.4 Å². The standard InChI is InChI=1S/C15H14BrClN4O4/c1-20-12-11(13(23)19-15(20)24)21(14(16)18-12)6-9(22)7-25-10-4-2-8(17)3-5-10/h2-5,9,22H,6-7H2,1H3,(H,19,23,24). The molecule has 0 aliphatic carbocycles. The highest BCUT2D eigenvalue weighted by Crippen LogP contribution is 2.18. The molecule has 132 valence electrons. The first kappa shape index (κ1) is 17.7. The van der Waals surface area contributed by atoms with E-state index in [0.29, 0.717) is 15.5 Å². The summed E-state index contributed by atoms with van der Waals surface area (Å²) in [5.41, 5.74) is -0.700. The molecule has 0 amide bonds. The minimum absolute atomic E-state index is 0.0113. The van der Waals surface area contributed by atoms with E-state index in [1.165, 1.54) is 16.2 Å². The van der Waals surface area contributed by atoms with Crippen molar-refractivity contribution in [2.75, 3.05) is 6.61 Å². The van der Waals surface area contributed by atoms with Gasteiger partial charge in [-0.05, 0) is 40.2 Å². The van der Waals surface area contributed by atoms with Crippen LogP contribution in [0.2, 0.25) is 5.02 Å². The Bertz CT molecular complexity index is 1020. The highest BCUT2D eigenvalue weighted by atomic mass is 79.9. The number of aromatic nitrogens is 4. The number of hydrogen-bond acceptors (Lipinski definition) is 5. The zero-order chi connectivity index (χ0) is 18.1. The number of aliphatic hydroxyl groups excluding tert-OH is 1. The highest BCUT2D eigenvalue weighted by Gasteiger charge is 2.18. The van der Waals surface area contributed by atoms with Crippen LogP contribution in [-0.2, 0) is 13.6 Å². The Morgan fingerprint density at radius 1 is 1.36 bits per heavy atom. The lowest BCUT2D eigenvalue weighted by molar-refractivity contribution is 0.0928. The number of nitrogens with one attached hydrogen (secondary N) is 1. The fourth-order valence-corrected chi connectivity index (χ4v) is 2.98.